The van der Waals surface area contributed by atoms with Crippen LogP contribution < -0.4 is 10.8 Å². The predicted molar refractivity (Wildman–Crippen MR) is 33.1 cm³/mol. The van der Waals surface area contributed by atoms with Crippen LogP contribution in [0.1, 0.15) is 0 Å². The topological polar surface area (TPSA) is 62.0 Å². The Morgan fingerprint density at radius 2 is 2.33 bits per heavy atom. The summed E-state index contributed by atoms with van der Waals surface area (Å²) in [5, 5.41) is 10.9. The fraction of sp³-hybridized carbons (Fsp3) is 0. The fourth-order valence-corrected chi connectivity index (χ4v) is 0.579. The Bertz CT molecular complexity index is 226. The highest BCUT2D eigenvalue weighted by Crippen LogP contribution is 2.17. The van der Waals surface area contributed by atoms with Crippen LogP contribution in [0.25, 0.3) is 0 Å². The minimum atomic E-state index is -0.331. The zero-order valence-electron chi connectivity index (χ0n) is 4.47. The van der Waals surface area contributed by atoms with Gasteiger partial charge in [0.2, 0.25) is 0 Å². The van der Waals surface area contributed by atoms with Crippen molar-refractivity contribution in [2.45, 2.75) is 0 Å². The van der Waals surface area contributed by atoms with Gasteiger partial charge in [0.05, 0.1) is 5.02 Å². The molecule has 0 unspecified atom stereocenters. The summed E-state index contributed by atoms with van der Waals surface area (Å²) in [6, 6.07) is 1.23. The zero-order valence-corrected chi connectivity index (χ0v) is 5.22. The summed E-state index contributed by atoms with van der Waals surface area (Å²) in [4.78, 5) is 3.51. The van der Waals surface area contributed by atoms with Crippen LogP contribution in [0.3, 0.4) is 0 Å². The molecule has 0 aliphatic rings. The van der Waals surface area contributed by atoms with Crippen LogP contribution in [0.4, 0.5) is 5.82 Å². The quantitative estimate of drug-likeness (QED) is 0.572. The minimum Gasteiger partial charge on any atom is -0.870 e. The number of nitrogens with zero attached hydrogens (tertiary/aromatic N) is 1. The Labute approximate surface area is 57.1 Å². The van der Waals surface area contributed by atoms with Gasteiger partial charge in [-0.05, 0) is 6.07 Å². The summed E-state index contributed by atoms with van der Waals surface area (Å²) in [5.41, 5.74) is 5.11. The first-order chi connectivity index (χ1) is 4.20. The summed E-state index contributed by atoms with van der Waals surface area (Å²) in [5.74, 6) is -0.345. The first-order valence-electron chi connectivity index (χ1n) is 2.28. The van der Waals surface area contributed by atoms with Crippen molar-refractivity contribution in [2.24, 2.45) is 0 Å². The van der Waals surface area contributed by atoms with Crippen molar-refractivity contribution in [1.82, 2.24) is 4.98 Å². The lowest BCUT2D eigenvalue weighted by Gasteiger charge is -2.06. The monoisotopic (exact) mass is 143 g/mol. The SMILES string of the molecule is Nc1ncc(Cl)cc1[O-]. The van der Waals surface area contributed by atoms with Gasteiger partial charge < -0.3 is 10.8 Å². The van der Waals surface area contributed by atoms with Crippen LogP contribution >= 0.6 is 11.6 Å². The van der Waals surface area contributed by atoms with E-state index in [0.29, 0.717) is 5.02 Å². The second kappa shape index (κ2) is 2.11. The molecule has 1 heterocycles. The number of hydrogen-bond donors (Lipinski definition) is 1. The molecule has 0 saturated heterocycles. The highest BCUT2D eigenvalue weighted by Gasteiger charge is 1.88. The lowest BCUT2D eigenvalue weighted by atomic mass is 10.4. The van der Waals surface area contributed by atoms with Crippen LogP contribution in [-0.4, -0.2) is 4.98 Å². The molecule has 3 nitrogen and oxygen atoms in total. The van der Waals surface area contributed by atoms with E-state index in [4.69, 9.17) is 17.3 Å². The summed E-state index contributed by atoms with van der Waals surface area (Å²) < 4.78 is 0. The smallest absolute Gasteiger partial charge is 0.115 e. The molecule has 0 fully saturated rings. The van der Waals surface area contributed by atoms with Gasteiger partial charge in [0.25, 0.3) is 0 Å². The van der Waals surface area contributed by atoms with Gasteiger partial charge >= 0.3 is 0 Å². The molecule has 0 spiro atoms. The van der Waals surface area contributed by atoms with E-state index in [1.807, 2.05) is 0 Å². The van der Waals surface area contributed by atoms with Crippen molar-refractivity contribution in [3.63, 3.8) is 0 Å². The number of aromatic nitrogens is 1. The summed E-state index contributed by atoms with van der Waals surface area (Å²) in [6.07, 6.45) is 1.33. The Balaban J connectivity index is 3.17. The second-order valence-corrected chi connectivity index (χ2v) is 1.97. The summed E-state index contributed by atoms with van der Waals surface area (Å²) in [7, 11) is 0. The average Bonchev–Trinajstić information content (AvgIpc) is 1.80. The van der Waals surface area contributed by atoms with Crippen molar-refractivity contribution in [3.05, 3.63) is 17.3 Å². The first kappa shape index (κ1) is 6.16. The van der Waals surface area contributed by atoms with Crippen LogP contribution in [0.2, 0.25) is 5.02 Å². The number of halogens is 1. The molecule has 0 atom stereocenters. The number of anilines is 1. The van der Waals surface area contributed by atoms with Crippen molar-refractivity contribution in [2.75, 3.05) is 5.73 Å². The normalized spacial score (nSPS) is 9.44. The maximum Gasteiger partial charge on any atom is 0.115 e. The molecule has 1 aromatic heterocycles. The van der Waals surface area contributed by atoms with E-state index in [2.05, 4.69) is 4.98 Å². The number of hydrogen-bond acceptors (Lipinski definition) is 3. The third-order valence-corrected chi connectivity index (χ3v) is 1.06. The largest absolute Gasteiger partial charge is 0.870 e. The number of nitrogen functional groups attached to an aromatic ring is 1. The summed E-state index contributed by atoms with van der Waals surface area (Å²) in [6.45, 7) is 0. The Morgan fingerprint density at radius 1 is 1.67 bits per heavy atom. The molecule has 0 aliphatic carbocycles. The van der Waals surface area contributed by atoms with Gasteiger partial charge in [-0.3, -0.25) is 0 Å². The minimum absolute atomic E-state index is 0.0144. The van der Waals surface area contributed by atoms with E-state index in [1.54, 1.807) is 0 Å². The Hall–Kier alpha value is -0.960. The van der Waals surface area contributed by atoms with E-state index in [-0.39, 0.29) is 11.6 Å². The van der Waals surface area contributed by atoms with Crippen LogP contribution in [0, 0.1) is 0 Å². The van der Waals surface area contributed by atoms with E-state index in [1.165, 1.54) is 12.3 Å². The standard InChI is InChI=1S/C5H5ClN2O/c6-3-1-4(9)5(7)8-2-3/h1-2,9H,(H2,7,8)/p-1. The van der Waals surface area contributed by atoms with E-state index in [9.17, 15) is 5.11 Å². The molecule has 0 radical (unpaired) electrons. The molecule has 4 heteroatoms. The molecule has 1 rings (SSSR count). The van der Waals surface area contributed by atoms with Gasteiger partial charge in [-0.25, -0.2) is 4.98 Å². The van der Waals surface area contributed by atoms with Gasteiger partial charge in [0, 0.05) is 6.20 Å². The fourth-order valence-electron chi connectivity index (χ4n) is 0.431. The van der Waals surface area contributed by atoms with Gasteiger partial charge in [0.1, 0.15) is 5.82 Å². The lowest BCUT2D eigenvalue weighted by molar-refractivity contribution is -0.267. The van der Waals surface area contributed by atoms with Crippen molar-refractivity contribution in [3.8, 4) is 5.75 Å². The first-order valence-corrected chi connectivity index (χ1v) is 2.66. The van der Waals surface area contributed by atoms with E-state index in [0.717, 1.165) is 0 Å². The molecule has 0 aliphatic heterocycles. The predicted octanol–water partition coefficient (Wildman–Crippen LogP) is 0.391. The van der Waals surface area contributed by atoms with Crippen LogP contribution in [0.5, 0.6) is 5.75 Å². The molecular weight excluding hydrogens is 140 g/mol. The maximum atomic E-state index is 10.6. The van der Waals surface area contributed by atoms with Crippen LogP contribution in [0.15, 0.2) is 12.3 Å². The number of pyridine rings is 1. The van der Waals surface area contributed by atoms with Gasteiger partial charge in [-0.2, -0.15) is 0 Å². The van der Waals surface area contributed by atoms with Gasteiger partial charge in [-0.1, -0.05) is 17.4 Å². The second-order valence-electron chi connectivity index (χ2n) is 1.54. The third kappa shape index (κ3) is 1.23. The van der Waals surface area contributed by atoms with Crippen molar-refractivity contribution >= 4 is 17.4 Å². The highest BCUT2D eigenvalue weighted by molar-refractivity contribution is 6.30. The molecule has 0 bridgehead atoms. The molecule has 9 heavy (non-hydrogen) atoms. The molecule has 0 saturated carbocycles. The Kier molecular flexibility index (Phi) is 1.44. The van der Waals surface area contributed by atoms with Crippen molar-refractivity contribution in [1.29, 1.82) is 0 Å². The molecular formula is C5H4ClN2O-. The van der Waals surface area contributed by atoms with Crippen molar-refractivity contribution < 1.29 is 5.11 Å². The number of rotatable bonds is 0. The number of nitrogens with two attached hydrogens (primary N) is 1. The lowest BCUT2D eigenvalue weighted by Crippen LogP contribution is -1.98. The third-order valence-electron chi connectivity index (χ3n) is 0.848. The zero-order chi connectivity index (χ0) is 6.85. The Morgan fingerprint density at radius 3 is 2.78 bits per heavy atom. The molecule has 2 N–H and O–H groups in total. The van der Waals surface area contributed by atoms with Gasteiger partial charge in [-0.15, -0.1) is 0 Å². The highest BCUT2D eigenvalue weighted by atomic mass is 35.5. The average molecular weight is 144 g/mol. The summed E-state index contributed by atoms with van der Waals surface area (Å²) >= 11 is 5.40. The molecule has 1 aromatic rings. The van der Waals surface area contributed by atoms with E-state index >= 15 is 0 Å². The maximum absolute atomic E-state index is 10.6. The molecule has 0 aromatic carbocycles. The van der Waals surface area contributed by atoms with Crippen LogP contribution in [-0.2, 0) is 0 Å². The van der Waals surface area contributed by atoms with Gasteiger partial charge in [0.15, 0.2) is 0 Å². The molecule has 0 amide bonds. The van der Waals surface area contributed by atoms with E-state index < -0.39 is 0 Å². The molecule has 48 valence electrons.